The average molecular weight is 484 g/mol. The highest BCUT2D eigenvalue weighted by molar-refractivity contribution is 6.30. The highest BCUT2D eigenvalue weighted by atomic mass is 35.5. The molecule has 178 valence electrons. The molecule has 0 aromatic heterocycles. The van der Waals surface area contributed by atoms with Crippen LogP contribution < -0.4 is 5.32 Å². The summed E-state index contributed by atoms with van der Waals surface area (Å²) in [5.74, 6) is -2.82. The van der Waals surface area contributed by atoms with Crippen LogP contribution in [0, 0.1) is 0 Å². The van der Waals surface area contributed by atoms with Gasteiger partial charge in [0.25, 0.3) is 0 Å². The lowest BCUT2D eigenvalue weighted by atomic mass is 9.80. The van der Waals surface area contributed by atoms with Crippen LogP contribution in [0.2, 0.25) is 5.02 Å². The van der Waals surface area contributed by atoms with Gasteiger partial charge in [0.05, 0.1) is 22.8 Å². The van der Waals surface area contributed by atoms with Gasteiger partial charge in [0.15, 0.2) is 6.29 Å². The van der Waals surface area contributed by atoms with Crippen LogP contribution in [-0.2, 0) is 23.8 Å². The van der Waals surface area contributed by atoms with Crippen molar-refractivity contribution >= 4 is 29.6 Å². The number of esters is 1. The van der Waals surface area contributed by atoms with Gasteiger partial charge in [0.2, 0.25) is 0 Å². The molecule has 1 heterocycles. The number of benzene rings is 2. The summed E-state index contributed by atoms with van der Waals surface area (Å²) in [6.45, 7) is 1.61. The van der Waals surface area contributed by atoms with Crippen LogP contribution in [0.3, 0.4) is 0 Å². The Morgan fingerprint density at radius 2 is 1.79 bits per heavy atom. The number of dihydropyridines is 1. The van der Waals surface area contributed by atoms with Gasteiger partial charge in [-0.25, -0.2) is 9.59 Å². The van der Waals surface area contributed by atoms with Crippen molar-refractivity contribution in [3.63, 3.8) is 0 Å². The molecule has 3 rings (SSSR count). The van der Waals surface area contributed by atoms with Crippen molar-refractivity contribution in [2.24, 2.45) is 0 Å². The van der Waals surface area contributed by atoms with Crippen LogP contribution in [0.25, 0.3) is 6.08 Å². The zero-order valence-corrected chi connectivity index (χ0v) is 19.8. The Balaban J connectivity index is 2.03. The lowest BCUT2D eigenvalue weighted by Gasteiger charge is -2.33. The predicted molar refractivity (Wildman–Crippen MR) is 129 cm³/mol. The molecule has 8 heteroatoms. The molecule has 0 bridgehead atoms. The number of carboxylic acids is 1. The van der Waals surface area contributed by atoms with Crippen molar-refractivity contribution in [2.75, 3.05) is 20.8 Å². The van der Waals surface area contributed by atoms with Crippen LogP contribution >= 0.6 is 11.6 Å². The van der Waals surface area contributed by atoms with Crippen molar-refractivity contribution in [3.8, 4) is 0 Å². The number of ether oxygens (including phenoxy) is 3. The second kappa shape index (κ2) is 11.7. The first-order chi connectivity index (χ1) is 16.4. The quantitative estimate of drug-likeness (QED) is 0.400. The fourth-order valence-electron chi connectivity index (χ4n) is 3.85. The maximum Gasteiger partial charge on any atom is 0.337 e. The van der Waals surface area contributed by atoms with E-state index in [-0.39, 0.29) is 23.5 Å². The summed E-state index contributed by atoms with van der Waals surface area (Å²) in [6, 6.07) is 16.3. The van der Waals surface area contributed by atoms with Crippen molar-refractivity contribution in [1.82, 2.24) is 5.32 Å². The molecule has 0 amide bonds. The van der Waals surface area contributed by atoms with Crippen molar-refractivity contribution in [1.29, 1.82) is 0 Å². The lowest BCUT2D eigenvalue weighted by molar-refractivity contribution is -0.139. The van der Waals surface area contributed by atoms with E-state index in [0.29, 0.717) is 16.3 Å². The van der Waals surface area contributed by atoms with E-state index in [1.807, 2.05) is 36.4 Å². The van der Waals surface area contributed by atoms with Gasteiger partial charge >= 0.3 is 11.9 Å². The summed E-state index contributed by atoms with van der Waals surface area (Å²) < 4.78 is 16.3. The van der Waals surface area contributed by atoms with Crippen LogP contribution in [-0.4, -0.2) is 44.2 Å². The number of hydrogen-bond acceptors (Lipinski definition) is 6. The number of carbonyl (C=O) groups excluding carboxylic acids is 1. The SMILES string of the molecule is COC(OC)C1=C(C(=O)OCC=Cc2ccccc2)C(c2cccc(Cl)c2)C(C(=O)O)=C(C)N1. The molecule has 2 N–H and O–H groups in total. The van der Waals surface area contributed by atoms with Crippen molar-refractivity contribution < 1.29 is 28.9 Å². The minimum atomic E-state index is -1.17. The van der Waals surface area contributed by atoms with E-state index in [1.165, 1.54) is 14.2 Å². The molecule has 1 aliphatic heterocycles. The monoisotopic (exact) mass is 483 g/mol. The van der Waals surface area contributed by atoms with Crippen LogP contribution in [0.5, 0.6) is 0 Å². The van der Waals surface area contributed by atoms with Gasteiger partial charge in [-0.05, 0) is 36.3 Å². The van der Waals surface area contributed by atoms with Crippen molar-refractivity contribution in [3.05, 3.63) is 99.4 Å². The molecule has 0 spiro atoms. The Morgan fingerprint density at radius 3 is 2.41 bits per heavy atom. The first-order valence-electron chi connectivity index (χ1n) is 10.5. The summed E-state index contributed by atoms with van der Waals surface area (Å²) in [7, 11) is 2.85. The second-order valence-corrected chi connectivity index (χ2v) is 7.94. The van der Waals surface area contributed by atoms with E-state index < -0.39 is 24.1 Å². The van der Waals surface area contributed by atoms with Crippen molar-refractivity contribution in [2.45, 2.75) is 19.1 Å². The number of aliphatic carboxylic acids is 1. The lowest BCUT2D eigenvalue weighted by Crippen LogP contribution is -2.38. The molecule has 0 fully saturated rings. The van der Waals surface area contributed by atoms with E-state index in [4.69, 9.17) is 25.8 Å². The Bertz CT molecular complexity index is 1130. The molecule has 34 heavy (non-hydrogen) atoms. The van der Waals surface area contributed by atoms with E-state index in [2.05, 4.69) is 5.32 Å². The molecule has 0 saturated carbocycles. The molecule has 1 aliphatic rings. The van der Waals surface area contributed by atoms with Gasteiger partial charge in [0.1, 0.15) is 6.61 Å². The highest BCUT2D eigenvalue weighted by Crippen LogP contribution is 2.40. The third-order valence-electron chi connectivity index (χ3n) is 5.31. The van der Waals surface area contributed by atoms with Gasteiger partial charge in [-0.3, -0.25) is 0 Å². The highest BCUT2D eigenvalue weighted by Gasteiger charge is 2.40. The third-order valence-corrected chi connectivity index (χ3v) is 5.55. The number of carboxylic acid groups (broad SMARTS) is 1. The summed E-state index contributed by atoms with van der Waals surface area (Å²) >= 11 is 6.20. The third kappa shape index (κ3) is 5.75. The zero-order valence-electron chi connectivity index (χ0n) is 19.1. The number of hydrogen-bond donors (Lipinski definition) is 2. The zero-order chi connectivity index (χ0) is 24.7. The molecule has 7 nitrogen and oxygen atoms in total. The first-order valence-corrected chi connectivity index (χ1v) is 10.9. The molecule has 1 atom stereocenters. The van der Waals surface area contributed by atoms with Gasteiger partial charge in [-0.15, -0.1) is 0 Å². The molecule has 2 aromatic carbocycles. The van der Waals surface area contributed by atoms with Crippen LogP contribution in [0.4, 0.5) is 0 Å². The fourth-order valence-corrected chi connectivity index (χ4v) is 4.05. The maximum absolute atomic E-state index is 13.4. The Hall–Kier alpha value is -3.39. The summed E-state index contributed by atoms with van der Waals surface area (Å²) in [6.07, 6.45) is 2.59. The fraction of sp³-hybridized carbons (Fsp3) is 0.231. The van der Waals surface area contributed by atoms with E-state index in [1.54, 1.807) is 37.3 Å². The molecule has 2 aromatic rings. The van der Waals surface area contributed by atoms with E-state index in [9.17, 15) is 14.7 Å². The second-order valence-electron chi connectivity index (χ2n) is 7.50. The Morgan fingerprint density at radius 1 is 1.09 bits per heavy atom. The number of nitrogens with one attached hydrogen (secondary N) is 1. The van der Waals surface area contributed by atoms with Crippen LogP contribution in [0.1, 0.15) is 24.0 Å². The topological polar surface area (TPSA) is 94.1 Å². The molecule has 0 saturated heterocycles. The van der Waals surface area contributed by atoms with Gasteiger partial charge in [-0.2, -0.15) is 0 Å². The molecule has 0 radical (unpaired) electrons. The standard InChI is InChI=1S/C26H26ClNO6/c1-16-20(24(29)30)21(18-12-7-13-19(27)15-18)22(23(28-16)26(32-2)33-3)25(31)34-14-8-11-17-9-5-4-6-10-17/h4-13,15,21,26,28H,14H2,1-3H3,(H,29,30). The number of halogens is 1. The van der Waals surface area contributed by atoms with Crippen LogP contribution in [0.15, 0.2) is 83.2 Å². The molecular formula is C26H26ClNO6. The number of allylic oxidation sites excluding steroid dienone is 1. The Kier molecular flexibility index (Phi) is 8.65. The number of carbonyl (C=O) groups is 2. The molecule has 0 aliphatic carbocycles. The maximum atomic E-state index is 13.4. The minimum Gasteiger partial charge on any atom is -0.478 e. The smallest absolute Gasteiger partial charge is 0.337 e. The van der Waals surface area contributed by atoms with E-state index >= 15 is 0 Å². The normalized spacial score (nSPS) is 16.2. The van der Waals surface area contributed by atoms with Gasteiger partial charge < -0.3 is 24.6 Å². The van der Waals surface area contributed by atoms with Gasteiger partial charge in [-0.1, -0.05) is 60.1 Å². The Labute approximate surface area is 203 Å². The number of rotatable bonds is 9. The molecular weight excluding hydrogens is 458 g/mol. The largest absolute Gasteiger partial charge is 0.478 e. The summed E-state index contributed by atoms with van der Waals surface area (Å²) in [5, 5.41) is 13.4. The molecule has 1 unspecified atom stereocenters. The summed E-state index contributed by atoms with van der Waals surface area (Å²) in [4.78, 5) is 25.6. The van der Waals surface area contributed by atoms with Gasteiger partial charge in [0, 0.05) is 24.9 Å². The first kappa shape index (κ1) is 25.2. The predicted octanol–water partition coefficient (Wildman–Crippen LogP) is 4.52. The summed E-state index contributed by atoms with van der Waals surface area (Å²) in [5.41, 5.74) is 2.19. The number of methoxy groups -OCH3 is 2. The van der Waals surface area contributed by atoms with E-state index in [0.717, 1.165) is 5.56 Å². The minimum absolute atomic E-state index is 0.00347. The average Bonchev–Trinajstić information content (AvgIpc) is 2.82.